The van der Waals surface area contributed by atoms with Crippen LogP contribution in [-0.4, -0.2) is 33.5 Å². The van der Waals surface area contributed by atoms with Crippen LogP contribution in [-0.2, 0) is 6.42 Å². The second-order valence-corrected chi connectivity index (χ2v) is 6.76. The van der Waals surface area contributed by atoms with Gasteiger partial charge in [0.15, 0.2) is 5.69 Å². The summed E-state index contributed by atoms with van der Waals surface area (Å²) >= 11 is 5.78. The quantitative estimate of drug-likeness (QED) is 0.751. The maximum atomic E-state index is 14.1. The lowest BCUT2D eigenvalue weighted by Crippen LogP contribution is -2.43. The van der Waals surface area contributed by atoms with Crippen LogP contribution in [0, 0.1) is 12.7 Å². The Labute approximate surface area is 159 Å². The highest BCUT2D eigenvalue weighted by atomic mass is 35.5. The standard InChI is InChI=1S/C19H16ClFN4O2/c1-11-18(23-24-25(11)16-7-6-13(20)9-15(16)21)19(26)22-14-8-12-4-2-3-5-17(12)27-10-14/h2-7,9,14H,8,10H2,1H3,(H,22,26). The van der Waals surface area contributed by atoms with Crippen LogP contribution >= 0.6 is 11.6 Å². The number of aromatic nitrogens is 3. The van der Waals surface area contributed by atoms with Crippen molar-refractivity contribution in [3.63, 3.8) is 0 Å². The predicted molar refractivity (Wildman–Crippen MR) is 98.0 cm³/mol. The van der Waals surface area contributed by atoms with E-state index >= 15 is 0 Å². The van der Waals surface area contributed by atoms with E-state index < -0.39 is 5.82 Å². The van der Waals surface area contributed by atoms with Gasteiger partial charge in [0.2, 0.25) is 0 Å². The minimum absolute atomic E-state index is 0.142. The van der Waals surface area contributed by atoms with Crippen molar-refractivity contribution >= 4 is 17.5 Å². The molecule has 4 rings (SSSR count). The van der Waals surface area contributed by atoms with Crippen molar-refractivity contribution in [1.82, 2.24) is 20.3 Å². The summed E-state index contributed by atoms with van der Waals surface area (Å²) in [6.45, 7) is 2.04. The molecule has 8 heteroatoms. The van der Waals surface area contributed by atoms with Gasteiger partial charge in [0, 0.05) is 5.02 Å². The first-order valence-electron chi connectivity index (χ1n) is 8.42. The van der Waals surface area contributed by atoms with Gasteiger partial charge in [-0.25, -0.2) is 9.07 Å². The summed E-state index contributed by atoms with van der Waals surface area (Å²) in [5, 5.41) is 11.0. The number of hydrogen-bond acceptors (Lipinski definition) is 4. The van der Waals surface area contributed by atoms with Crippen LogP contribution < -0.4 is 10.1 Å². The van der Waals surface area contributed by atoms with E-state index in [1.54, 1.807) is 13.0 Å². The number of halogens is 2. The fraction of sp³-hybridized carbons (Fsp3) is 0.211. The third-order valence-electron chi connectivity index (χ3n) is 4.46. The van der Waals surface area contributed by atoms with Crippen LogP contribution in [0.15, 0.2) is 42.5 Å². The number of carbonyl (C=O) groups excluding carboxylic acids is 1. The van der Waals surface area contributed by atoms with E-state index in [2.05, 4.69) is 15.6 Å². The Hall–Kier alpha value is -2.93. The summed E-state index contributed by atoms with van der Waals surface area (Å²) in [5.41, 5.74) is 1.80. The molecule has 2 heterocycles. The molecule has 0 spiro atoms. The molecule has 1 aliphatic rings. The smallest absolute Gasteiger partial charge is 0.274 e. The Morgan fingerprint density at radius 2 is 2.15 bits per heavy atom. The van der Waals surface area contributed by atoms with E-state index in [0.717, 1.165) is 11.3 Å². The molecule has 0 fully saturated rings. The number of fused-ring (bicyclic) bond motifs is 1. The minimum atomic E-state index is -0.542. The Kier molecular flexibility index (Phi) is 4.53. The number of nitrogens with one attached hydrogen (secondary N) is 1. The third-order valence-corrected chi connectivity index (χ3v) is 4.70. The van der Waals surface area contributed by atoms with Gasteiger partial charge in [0.05, 0.1) is 11.7 Å². The number of para-hydroxylation sites is 1. The number of hydrogen-bond donors (Lipinski definition) is 1. The molecule has 2 aromatic carbocycles. The van der Waals surface area contributed by atoms with E-state index in [4.69, 9.17) is 16.3 Å². The van der Waals surface area contributed by atoms with Crippen LogP contribution in [0.5, 0.6) is 5.75 Å². The van der Waals surface area contributed by atoms with Crippen molar-refractivity contribution < 1.29 is 13.9 Å². The molecule has 1 atom stereocenters. The van der Waals surface area contributed by atoms with E-state index in [1.165, 1.54) is 16.8 Å². The first-order valence-corrected chi connectivity index (χ1v) is 8.80. The van der Waals surface area contributed by atoms with Gasteiger partial charge in [0.25, 0.3) is 5.91 Å². The number of ether oxygens (including phenoxy) is 1. The van der Waals surface area contributed by atoms with Crippen molar-refractivity contribution in [2.75, 3.05) is 6.61 Å². The van der Waals surface area contributed by atoms with Crippen molar-refractivity contribution in [2.24, 2.45) is 0 Å². The monoisotopic (exact) mass is 386 g/mol. The van der Waals surface area contributed by atoms with Crippen molar-refractivity contribution in [1.29, 1.82) is 0 Å². The van der Waals surface area contributed by atoms with Gasteiger partial charge >= 0.3 is 0 Å². The van der Waals surface area contributed by atoms with Crippen LogP contribution in [0.1, 0.15) is 21.7 Å². The average molecular weight is 387 g/mol. The predicted octanol–water partition coefficient (Wildman–Crippen LogP) is 3.10. The average Bonchev–Trinajstić information content (AvgIpc) is 3.03. The fourth-order valence-corrected chi connectivity index (χ4v) is 3.25. The molecule has 0 saturated carbocycles. The Morgan fingerprint density at radius 1 is 1.33 bits per heavy atom. The van der Waals surface area contributed by atoms with Crippen LogP contribution in [0.3, 0.4) is 0 Å². The number of rotatable bonds is 3. The molecule has 0 bridgehead atoms. The van der Waals surface area contributed by atoms with E-state index in [9.17, 15) is 9.18 Å². The Bertz CT molecular complexity index is 1020. The zero-order valence-electron chi connectivity index (χ0n) is 14.4. The minimum Gasteiger partial charge on any atom is -0.491 e. The maximum absolute atomic E-state index is 14.1. The van der Waals surface area contributed by atoms with Gasteiger partial charge in [-0.05, 0) is 43.2 Å². The molecule has 1 unspecified atom stereocenters. The molecular formula is C19H16ClFN4O2. The molecule has 1 aromatic heterocycles. The first kappa shape index (κ1) is 17.5. The molecule has 1 aliphatic heterocycles. The van der Waals surface area contributed by atoms with Crippen molar-refractivity contribution in [3.8, 4) is 11.4 Å². The highest BCUT2D eigenvalue weighted by Gasteiger charge is 2.25. The lowest BCUT2D eigenvalue weighted by Gasteiger charge is -2.25. The first-order chi connectivity index (χ1) is 13.0. The lowest BCUT2D eigenvalue weighted by atomic mass is 10.0. The third kappa shape index (κ3) is 3.38. The SMILES string of the molecule is Cc1c(C(=O)NC2COc3ccccc3C2)nnn1-c1ccc(Cl)cc1F. The zero-order chi connectivity index (χ0) is 19.0. The van der Waals surface area contributed by atoms with Gasteiger partial charge in [-0.15, -0.1) is 5.10 Å². The molecule has 0 saturated heterocycles. The summed E-state index contributed by atoms with van der Waals surface area (Å²) in [7, 11) is 0. The van der Waals surface area contributed by atoms with E-state index in [0.29, 0.717) is 18.7 Å². The normalized spacial score (nSPS) is 15.7. The van der Waals surface area contributed by atoms with Gasteiger partial charge in [-0.2, -0.15) is 0 Å². The van der Waals surface area contributed by atoms with Crippen LogP contribution in [0.25, 0.3) is 5.69 Å². The number of benzene rings is 2. The van der Waals surface area contributed by atoms with E-state index in [-0.39, 0.29) is 28.4 Å². The molecule has 0 aliphatic carbocycles. The largest absolute Gasteiger partial charge is 0.491 e. The molecule has 3 aromatic rings. The zero-order valence-corrected chi connectivity index (χ0v) is 15.2. The second kappa shape index (κ2) is 7.00. The summed E-state index contributed by atoms with van der Waals surface area (Å²) in [4.78, 5) is 12.6. The van der Waals surface area contributed by atoms with Gasteiger partial charge in [-0.3, -0.25) is 4.79 Å². The molecule has 27 heavy (non-hydrogen) atoms. The summed E-state index contributed by atoms with van der Waals surface area (Å²) in [5.74, 6) is -0.0795. The highest BCUT2D eigenvalue weighted by Crippen LogP contribution is 2.24. The molecule has 138 valence electrons. The molecule has 6 nitrogen and oxygen atoms in total. The number of nitrogens with zero attached hydrogens (tertiary/aromatic N) is 3. The van der Waals surface area contributed by atoms with Crippen LogP contribution in [0.4, 0.5) is 4.39 Å². The topological polar surface area (TPSA) is 69.0 Å². The molecule has 1 N–H and O–H groups in total. The number of carbonyl (C=O) groups is 1. The lowest BCUT2D eigenvalue weighted by molar-refractivity contribution is 0.0909. The van der Waals surface area contributed by atoms with Gasteiger partial charge < -0.3 is 10.1 Å². The summed E-state index contributed by atoms with van der Waals surface area (Å²) in [6.07, 6.45) is 0.668. The van der Waals surface area contributed by atoms with Crippen molar-refractivity contribution in [2.45, 2.75) is 19.4 Å². The Balaban J connectivity index is 1.53. The van der Waals surface area contributed by atoms with Crippen molar-refractivity contribution in [3.05, 3.63) is 70.3 Å². The highest BCUT2D eigenvalue weighted by molar-refractivity contribution is 6.30. The van der Waals surface area contributed by atoms with Gasteiger partial charge in [0.1, 0.15) is 23.9 Å². The van der Waals surface area contributed by atoms with Crippen LogP contribution in [0.2, 0.25) is 5.02 Å². The molecule has 0 radical (unpaired) electrons. The summed E-state index contributed by atoms with van der Waals surface area (Å²) in [6, 6.07) is 11.8. The Morgan fingerprint density at radius 3 is 2.96 bits per heavy atom. The molecular weight excluding hydrogens is 371 g/mol. The number of amides is 1. The summed E-state index contributed by atoms with van der Waals surface area (Å²) < 4.78 is 21.1. The fourth-order valence-electron chi connectivity index (χ4n) is 3.10. The van der Waals surface area contributed by atoms with E-state index in [1.807, 2.05) is 24.3 Å². The maximum Gasteiger partial charge on any atom is 0.274 e. The van der Waals surface area contributed by atoms with Gasteiger partial charge in [-0.1, -0.05) is 35.0 Å². The second-order valence-electron chi connectivity index (χ2n) is 6.32. The molecule has 1 amide bonds.